The monoisotopic (exact) mass is 319 g/mol. The van der Waals surface area contributed by atoms with E-state index in [0.717, 1.165) is 17.7 Å². The lowest BCUT2D eigenvalue weighted by Gasteiger charge is -2.30. The second-order valence-corrected chi connectivity index (χ2v) is 5.81. The lowest BCUT2D eigenvalue weighted by molar-refractivity contribution is -0.150. The van der Waals surface area contributed by atoms with Crippen LogP contribution in [0.1, 0.15) is 37.8 Å². The summed E-state index contributed by atoms with van der Waals surface area (Å²) in [6.45, 7) is 3.16. The van der Waals surface area contributed by atoms with Gasteiger partial charge in [-0.3, -0.25) is 4.79 Å². The molecule has 0 radical (unpaired) electrons. The number of esters is 1. The van der Waals surface area contributed by atoms with E-state index in [1.807, 2.05) is 25.1 Å². The molecular weight excluding hydrogens is 298 g/mol. The second-order valence-electron chi connectivity index (χ2n) is 5.81. The maximum Gasteiger partial charge on any atom is 0.328 e. The fraction of sp³-hybridized carbons (Fsp3) is 0.529. The molecule has 2 aliphatic rings. The van der Waals surface area contributed by atoms with Crippen molar-refractivity contribution in [3.05, 3.63) is 23.8 Å². The van der Waals surface area contributed by atoms with Crippen LogP contribution >= 0.6 is 0 Å². The van der Waals surface area contributed by atoms with E-state index < -0.39 is 6.04 Å². The Morgan fingerprint density at radius 1 is 1.30 bits per heavy atom. The van der Waals surface area contributed by atoms with Gasteiger partial charge in [-0.25, -0.2) is 4.79 Å². The smallest absolute Gasteiger partial charge is 0.328 e. The molecule has 1 saturated heterocycles. The van der Waals surface area contributed by atoms with Crippen molar-refractivity contribution in [2.24, 2.45) is 0 Å². The van der Waals surface area contributed by atoms with Crippen molar-refractivity contribution in [2.75, 3.05) is 20.3 Å². The number of hydrogen-bond acceptors (Lipinski definition) is 5. The zero-order chi connectivity index (χ0) is 16.4. The maximum absolute atomic E-state index is 12.2. The third kappa shape index (κ3) is 2.98. The van der Waals surface area contributed by atoms with Crippen LogP contribution in [0.5, 0.6) is 11.5 Å². The Bertz CT molecular complexity index is 615. The molecular formula is C17H21NO5. The minimum atomic E-state index is -0.515. The van der Waals surface area contributed by atoms with Crippen LogP contribution in [0.3, 0.4) is 0 Å². The Morgan fingerprint density at radius 3 is 2.78 bits per heavy atom. The van der Waals surface area contributed by atoms with Crippen LogP contribution in [0.2, 0.25) is 0 Å². The first-order chi connectivity index (χ1) is 11.1. The predicted molar refractivity (Wildman–Crippen MR) is 82.3 cm³/mol. The minimum Gasteiger partial charge on any atom is -0.490 e. The number of nitrogens with zero attached hydrogens (tertiary/aromatic N) is 1. The van der Waals surface area contributed by atoms with Gasteiger partial charge < -0.3 is 19.1 Å². The highest BCUT2D eigenvalue weighted by atomic mass is 16.5. The molecule has 0 bridgehead atoms. The van der Waals surface area contributed by atoms with Gasteiger partial charge in [0.2, 0.25) is 5.91 Å². The third-order valence-corrected chi connectivity index (χ3v) is 4.40. The van der Waals surface area contributed by atoms with Crippen LogP contribution in [0.25, 0.3) is 0 Å². The van der Waals surface area contributed by atoms with Crippen LogP contribution in [0, 0.1) is 0 Å². The van der Waals surface area contributed by atoms with Gasteiger partial charge in [0.1, 0.15) is 6.04 Å². The van der Waals surface area contributed by atoms with E-state index in [0.29, 0.717) is 31.8 Å². The zero-order valence-corrected chi connectivity index (χ0v) is 13.4. The highest BCUT2D eigenvalue weighted by Crippen LogP contribution is 2.36. The number of amides is 1. The average Bonchev–Trinajstić information content (AvgIpc) is 2.80. The minimum absolute atomic E-state index is 0.0278. The first-order valence-electron chi connectivity index (χ1n) is 7.90. The number of carbonyl (C=O) groups excluding carboxylic acids is 2. The number of hydrogen-bond donors (Lipinski definition) is 0. The van der Waals surface area contributed by atoms with Crippen LogP contribution in [0.4, 0.5) is 0 Å². The van der Waals surface area contributed by atoms with Gasteiger partial charge in [0, 0.05) is 12.8 Å². The maximum atomic E-state index is 12.2. The molecule has 6 nitrogen and oxygen atoms in total. The topological polar surface area (TPSA) is 65.1 Å². The zero-order valence-electron chi connectivity index (χ0n) is 13.4. The van der Waals surface area contributed by atoms with E-state index in [4.69, 9.17) is 14.2 Å². The Balaban J connectivity index is 1.87. The normalized spacial score (nSPS) is 21.7. The van der Waals surface area contributed by atoms with E-state index in [2.05, 4.69) is 0 Å². The molecule has 3 rings (SSSR count). The van der Waals surface area contributed by atoms with Crippen molar-refractivity contribution in [2.45, 2.75) is 38.3 Å². The second kappa shape index (κ2) is 6.48. The molecule has 124 valence electrons. The molecule has 0 saturated carbocycles. The Hall–Kier alpha value is -2.24. The molecule has 2 unspecified atom stereocenters. The van der Waals surface area contributed by atoms with E-state index >= 15 is 0 Å². The van der Waals surface area contributed by atoms with Gasteiger partial charge >= 0.3 is 5.97 Å². The summed E-state index contributed by atoms with van der Waals surface area (Å²) in [5, 5.41) is 0. The molecule has 6 heteroatoms. The number of methoxy groups -OCH3 is 1. The molecule has 1 aromatic carbocycles. The van der Waals surface area contributed by atoms with Gasteiger partial charge in [-0.1, -0.05) is 6.07 Å². The lowest BCUT2D eigenvalue weighted by atomic mass is 10.0. The summed E-state index contributed by atoms with van der Waals surface area (Å²) in [5.41, 5.74) is 0.915. The number of ether oxygens (including phenoxy) is 3. The summed E-state index contributed by atoms with van der Waals surface area (Å²) in [4.78, 5) is 25.8. The molecule has 0 N–H and O–H groups in total. The number of rotatable bonds is 3. The molecule has 0 spiro atoms. The van der Waals surface area contributed by atoms with Crippen molar-refractivity contribution in [1.29, 1.82) is 0 Å². The molecule has 0 aromatic heterocycles. The van der Waals surface area contributed by atoms with Gasteiger partial charge in [-0.2, -0.15) is 0 Å². The van der Waals surface area contributed by atoms with Gasteiger partial charge in [-0.05, 0) is 31.0 Å². The number of carbonyl (C=O) groups is 2. The Morgan fingerprint density at radius 2 is 2.04 bits per heavy atom. The molecule has 2 aliphatic heterocycles. The quantitative estimate of drug-likeness (QED) is 0.798. The van der Waals surface area contributed by atoms with Gasteiger partial charge in [0.15, 0.2) is 11.5 Å². The molecule has 1 aromatic rings. The van der Waals surface area contributed by atoms with Gasteiger partial charge in [0.05, 0.1) is 26.4 Å². The van der Waals surface area contributed by atoms with E-state index in [1.54, 1.807) is 4.90 Å². The SMILES string of the molecule is COC(=O)C1CCC(=O)N1C(C)c1ccc2c(c1)OCCCO2. The van der Waals surface area contributed by atoms with Crippen molar-refractivity contribution in [1.82, 2.24) is 4.90 Å². The summed E-state index contributed by atoms with van der Waals surface area (Å²) in [7, 11) is 1.35. The Labute approximate surface area is 135 Å². The first-order valence-corrected chi connectivity index (χ1v) is 7.90. The highest BCUT2D eigenvalue weighted by molar-refractivity contribution is 5.88. The van der Waals surface area contributed by atoms with Crippen LogP contribution in [-0.2, 0) is 14.3 Å². The van der Waals surface area contributed by atoms with Crippen molar-refractivity contribution >= 4 is 11.9 Å². The first kappa shape index (κ1) is 15.6. The van der Waals surface area contributed by atoms with Crippen LogP contribution in [-0.4, -0.2) is 43.1 Å². The Kier molecular flexibility index (Phi) is 4.41. The number of benzene rings is 1. The summed E-state index contributed by atoms with van der Waals surface area (Å²) in [5.74, 6) is 1.01. The van der Waals surface area contributed by atoms with Crippen molar-refractivity contribution in [3.63, 3.8) is 0 Å². The average molecular weight is 319 g/mol. The van der Waals surface area contributed by atoms with E-state index in [1.165, 1.54) is 7.11 Å². The largest absolute Gasteiger partial charge is 0.490 e. The summed E-state index contributed by atoms with van der Waals surface area (Å²) >= 11 is 0. The van der Waals surface area contributed by atoms with Gasteiger partial charge in [-0.15, -0.1) is 0 Å². The summed E-state index contributed by atoms with van der Waals surface area (Å²) in [6, 6.07) is 4.92. The summed E-state index contributed by atoms with van der Waals surface area (Å²) < 4.78 is 16.2. The molecule has 0 aliphatic carbocycles. The van der Waals surface area contributed by atoms with Crippen molar-refractivity contribution < 1.29 is 23.8 Å². The standard InChI is InChI=1S/C17H21NO5/c1-11(18-13(17(20)21-2)5-7-16(18)19)12-4-6-14-15(10-12)23-9-3-8-22-14/h4,6,10-11,13H,3,5,7-9H2,1-2H3. The molecule has 1 fully saturated rings. The predicted octanol–water partition coefficient (Wildman–Crippen LogP) is 2.07. The number of likely N-dealkylation sites (tertiary alicyclic amines) is 1. The molecule has 1 amide bonds. The molecule has 23 heavy (non-hydrogen) atoms. The van der Waals surface area contributed by atoms with E-state index in [9.17, 15) is 9.59 Å². The molecule has 2 atom stereocenters. The number of fused-ring (bicyclic) bond motifs is 1. The van der Waals surface area contributed by atoms with Crippen LogP contribution in [0.15, 0.2) is 18.2 Å². The van der Waals surface area contributed by atoms with Crippen molar-refractivity contribution in [3.8, 4) is 11.5 Å². The van der Waals surface area contributed by atoms with E-state index in [-0.39, 0.29) is 17.9 Å². The fourth-order valence-electron chi connectivity index (χ4n) is 3.16. The summed E-state index contributed by atoms with van der Waals surface area (Å²) in [6.07, 6.45) is 1.71. The third-order valence-electron chi connectivity index (χ3n) is 4.40. The lowest BCUT2D eigenvalue weighted by Crippen LogP contribution is -2.40. The molecule has 2 heterocycles. The van der Waals surface area contributed by atoms with Crippen LogP contribution < -0.4 is 9.47 Å². The fourth-order valence-corrected chi connectivity index (χ4v) is 3.16. The van der Waals surface area contributed by atoms with Gasteiger partial charge in [0.25, 0.3) is 0 Å². The highest BCUT2D eigenvalue weighted by Gasteiger charge is 2.40.